The van der Waals surface area contributed by atoms with Crippen molar-refractivity contribution in [2.45, 2.75) is 50.5 Å². The second-order valence-corrected chi connectivity index (χ2v) is 6.79. The van der Waals surface area contributed by atoms with Gasteiger partial charge in [-0.25, -0.2) is 0 Å². The fraction of sp³-hybridized carbons (Fsp3) is 0.647. The molecular formula is C17H27NO5. The highest BCUT2D eigenvalue weighted by atomic mass is 16.5. The van der Waals surface area contributed by atoms with Crippen LogP contribution in [-0.4, -0.2) is 53.9 Å². The summed E-state index contributed by atoms with van der Waals surface area (Å²) in [5.74, 6) is 1.19. The Bertz CT molecular complexity index is 569. The fourth-order valence-electron chi connectivity index (χ4n) is 3.13. The molecule has 0 aliphatic carbocycles. The Kier molecular flexibility index (Phi) is 4.92. The van der Waals surface area contributed by atoms with E-state index in [-0.39, 0.29) is 0 Å². The first-order valence-electron chi connectivity index (χ1n) is 7.74. The molecule has 0 saturated heterocycles. The van der Waals surface area contributed by atoms with E-state index in [1.54, 1.807) is 14.2 Å². The molecule has 2 rings (SSSR count). The SMILES string of the molecule is COc1cc2c(cc1OC)C(C)(C(O)C(O)C(C)(C)O)NCC2. The lowest BCUT2D eigenvalue weighted by Gasteiger charge is -2.44. The van der Waals surface area contributed by atoms with E-state index < -0.39 is 23.3 Å². The van der Waals surface area contributed by atoms with Gasteiger partial charge in [0.1, 0.15) is 12.2 Å². The van der Waals surface area contributed by atoms with Crippen molar-refractivity contribution in [3.8, 4) is 11.5 Å². The van der Waals surface area contributed by atoms with Gasteiger partial charge in [0.05, 0.1) is 25.4 Å². The molecule has 4 N–H and O–H groups in total. The van der Waals surface area contributed by atoms with E-state index >= 15 is 0 Å². The number of fused-ring (bicyclic) bond motifs is 1. The van der Waals surface area contributed by atoms with Crippen molar-refractivity contribution in [2.75, 3.05) is 20.8 Å². The quantitative estimate of drug-likeness (QED) is 0.632. The van der Waals surface area contributed by atoms with Crippen molar-refractivity contribution in [1.29, 1.82) is 0 Å². The number of methoxy groups -OCH3 is 2. The summed E-state index contributed by atoms with van der Waals surface area (Å²) in [6.07, 6.45) is -1.73. The van der Waals surface area contributed by atoms with E-state index in [4.69, 9.17) is 9.47 Å². The van der Waals surface area contributed by atoms with Gasteiger partial charge in [0, 0.05) is 6.54 Å². The van der Waals surface area contributed by atoms with Crippen molar-refractivity contribution >= 4 is 0 Å². The van der Waals surface area contributed by atoms with Crippen LogP contribution in [0.15, 0.2) is 12.1 Å². The molecule has 3 unspecified atom stereocenters. The molecule has 1 aliphatic heterocycles. The third kappa shape index (κ3) is 3.17. The molecule has 6 heteroatoms. The van der Waals surface area contributed by atoms with E-state index in [9.17, 15) is 15.3 Å². The zero-order valence-electron chi connectivity index (χ0n) is 14.4. The van der Waals surface area contributed by atoms with Crippen LogP contribution in [0.2, 0.25) is 0 Å². The Labute approximate surface area is 137 Å². The highest BCUT2D eigenvalue weighted by Crippen LogP contribution is 2.40. The molecule has 1 heterocycles. The molecule has 1 aromatic carbocycles. The Morgan fingerprint density at radius 1 is 1.17 bits per heavy atom. The lowest BCUT2D eigenvalue weighted by atomic mass is 9.75. The van der Waals surface area contributed by atoms with Crippen molar-refractivity contribution in [3.63, 3.8) is 0 Å². The highest BCUT2D eigenvalue weighted by molar-refractivity contribution is 5.51. The van der Waals surface area contributed by atoms with Crippen LogP contribution in [0.25, 0.3) is 0 Å². The van der Waals surface area contributed by atoms with Crippen LogP contribution in [0, 0.1) is 0 Å². The maximum atomic E-state index is 10.7. The van der Waals surface area contributed by atoms with Crippen LogP contribution in [0.5, 0.6) is 11.5 Å². The number of aliphatic hydroxyl groups excluding tert-OH is 2. The third-order valence-electron chi connectivity index (χ3n) is 4.67. The van der Waals surface area contributed by atoms with E-state index in [2.05, 4.69) is 5.32 Å². The van der Waals surface area contributed by atoms with Gasteiger partial charge in [0.2, 0.25) is 0 Å². The summed E-state index contributed by atoms with van der Waals surface area (Å²) in [5, 5.41) is 34.4. The Morgan fingerprint density at radius 2 is 1.74 bits per heavy atom. The first kappa shape index (κ1) is 18.0. The van der Waals surface area contributed by atoms with E-state index in [1.165, 1.54) is 13.8 Å². The topological polar surface area (TPSA) is 91.2 Å². The van der Waals surface area contributed by atoms with Crippen LogP contribution in [-0.2, 0) is 12.0 Å². The molecule has 0 spiro atoms. The van der Waals surface area contributed by atoms with Crippen LogP contribution >= 0.6 is 0 Å². The molecule has 0 radical (unpaired) electrons. The van der Waals surface area contributed by atoms with Crippen LogP contribution < -0.4 is 14.8 Å². The number of benzene rings is 1. The summed E-state index contributed by atoms with van der Waals surface area (Å²) in [6.45, 7) is 5.41. The number of hydrogen-bond donors (Lipinski definition) is 4. The van der Waals surface area contributed by atoms with Gasteiger partial charge in [0.25, 0.3) is 0 Å². The van der Waals surface area contributed by atoms with Crippen molar-refractivity contribution < 1.29 is 24.8 Å². The van der Waals surface area contributed by atoms with Crippen LogP contribution in [0.4, 0.5) is 0 Å². The maximum absolute atomic E-state index is 10.7. The molecule has 0 amide bonds. The zero-order chi connectivity index (χ0) is 17.4. The molecule has 0 saturated carbocycles. The number of rotatable bonds is 5. The summed E-state index contributed by atoms with van der Waals surface area (Å²) in [4.78, 5) is 0. The van der Waals surface area contributed by atoms with Gasteiger partial charge < -0.3 is 30.1 Å². The molecule has 0 bridgehead atoms. The molecule has 3 atom stereocenters. The van der Waals surface area contributed by atoms with Crippen molar-refractivity contribution in [3.05, 3.63) is 23.3 Å². The van der Waals surface area contributed by atoms with Gasteiger partial charge in [-0.05, 0) is 50.5 Å². The predicted molar refractivity (Wildman–Crippen MR) is 86.9 cm³/mol. The number of hydrogen-bond acceptors (Lipinski definition) is 6. The minimum Gasteiger partial charge on any atom is -0.493 e. The molecule has 0 fully saturated rings. The average molecular weight is 325 g/mol. The lowest BCUT2D eigenvalue weighted by molar-refractivity contribution is -0.132. The Hall–Kier alpha value is -1.34. The highest BCUT2D eigenvalue weighted by Gasteiger charge is 2.46. The minimum atomic E-state index is -1.42. The van der Waals surface area contributed by atoms with E-state index in [0.717, 1.165) is 17.5 Å². The third-order valence-corrected chi connectivity index (χ3v) is 4.67. The van der Waals surface area contributed by atoms with Gasteiger partial charge >= 0.3 is 0 Å². The van der Waals surface area contributed by atoms with Crippen LogP contribution in [0.3, 0.4) is 0 Å². The second kappa shape index (κ2) is 6.28. The second-order valence-electron chi connectivity index (χ2n) is 6.79. The fourth-order valence-corrected chi connectivity index (χ4v) is 3.13. The van der Waals surface area contributed by atoms with Gasteiger partial charge in [-0.2, -0.15) is 0 Å². The van der Waals surface area contributed by atoms with Gasteiger partial charge in [0.15, 0.2) is 11.5 Å². The lowest BCUT2D eigenvalue weighted by Crippen LogP contribution is -2.61. The maximum Gasteiger partial charge on any atom is 0.161 e. The van der Waals surface area contributed by atoms with E-state index in [1.807, 2.05) is 19.1 Å². The number of ether oxygens (including phenoxy) is 2. The summed E-state index contributed by atoms with van der Waals surface area (Å²) in [6, 6.07) is 3.72. The minimum absolute atomic E-state index is 0.561. The predicted octanol–water partition coefficient (Wildman–Crippen LogP) is 0.557. The molecule has 0 aromatic heterocycles. The van der Waals surface area contributed by atoms with E-state index in [0.29, 0.717) is 18.0 Å². The zero-order valence-corrected chi connectivity index (χ0v) is 14.4. The average Bonchev–Trinajstić information content (AvgIpc) is 2.51. The van der Waals surface area contributed by atoms with Crippen LogP contribution in [0.1, 0.15) is 31.9 Å². The normalized spacial score (nSPS) is 23.8. The molecule has 23 heavy (non-hydrogen) atoms. The van der Waals surface area contributed by atoms with Crippen molar-refractivity contribution in [2.24, 2.45) is 0 Å². The first-order valence-corrected chi connectivity index (χ1v) is 7.74. The van der Waals surface area contributed by atoms with Crippen molar-refractivity contribution in [1.82, 2.24) is 5.32 Å². The number of nitrogens with one attached hydrogen (secondary N) is 1. The first-order chi connectivity index (χ1) is 10.6. The smallest absolute Gasteiger partial charge is 0.161 e. The Balaban J connectivity index is 2.51. The van der Waals surface area contributed by atoms with Gasteiger partial charge in [-0.15, -0.1) is 0 Å². The summed E-state index contributed by atoms with van der Waals surface area (Å²) >= 11 is 0. The summed E-state index contributed by atoms with van der Waals surface area (Å²) in [5.41, 5.74) is -0.478. The van der Waals surface area contributed by atoms with Gasteiger partial charge in [-0.3, -0.25) is 0 Å². The summed E-state index contributed by atoms with van der Waals surface area (Å²) in [7, 11) is 3.14. The standard InChI is InChI=1S/C17H27NO5/c1-16(2,21)14(19)15(20)17(3)11-9-13(23-5)12(22-4)8-10(11)6-7-18-17/h8-9,14-15,18-21H,6-7H2,1-5H3. The molecule has 1 aromatic rings. The Morgan fingerprint density at radius 3 is 2.26 bits per heavy atom. The largest absolute Gasteiger partial charge is 0.493 e. The molecule has 130 valence electrons. The molecular weight excluding hydrogens is 298 g/mol. The molecule has 6 nitrogen and oxygen atoms in total. The van der Waals surface area contributed by atoms with Gasteiger partial charge in [-0.1, -0.05) is 0 Å². The number of aliphatic hydroxyl groups is 3. The molecule has 1 aliphatic rings. The monoisotopic (exact) mass is 325 g/mol. The summed E-state index contributed by atoms with van der Waals surface area (Å²) < 4.78 is 10.7.